The SMILES string of the molecule is C[C@H](CO)N1C[C@H](C)[C@@H](CN(C)C(=O)Nc2ccc(F)cc2)Oc2ccc(NC(=O)Nc3cccc4ccccc34)cc2C1=O. The smallest absolute Gasteiger partial charge is 0.323 e. The Labute approximate surface area is 260 Å². The van der Waals surface area contributed by atoms with E-state index in [1.807, 2.05) is 49.4 Å². The van der Waals surface area contributed by atoms with Gasteiger partial charge in [0.25, 0.3) is 5.91 Å². The Morgan fingerprint density at radius 1 is 1.00 bits per heavy atom. The van der Waals surface area contributed by atoms with Crippen LogP contribution in [0.4, 0.5) is 31.0 Å². The van der Waals surface area contributed by atoms with Crippen LogP contribution >= 0.6 is 0 Å². The zero-order valence-corrected chi connectivity index (χ0v) is 25.3. The summed E-state index contributed by atoms with van der Waals surface area (Å²) in [4.78, 5) is 42.7. The summed E-state index contributed by atoms with van der Waals surface area (Å²) in [5, 5.41) is 20.3. The summed E-state index contributed by atoms with van der Waals surface area (Å²) in [6, 6.07) is 22.2. The fourth-order valence-electron chi connectivity index (χ4n) is 5.24. The molecule has 1 aliphatic rings. The van der Waals surface area contributed by atoms with Gasteiger partial charge in [0.15, 0.2) is 0 Å². The molecule has 0 bridgehead atoms. The van der Waals surface area contributed by atoms with Crippen LogP contribution in [0.15, 0.2) is 84.9 Å². The number of ether oxygens (including phenoxy) is 1. The molecule has 0 saturated heterocycles. The number of halogens is 1. The summed E-state index contributed by atoms with van der Waals surface area (Å²) in [5.41, 5.74) is 1.68. The van der Waals surface area contributed by atoms with E-state index < -0.39 is 30.0 Å². The predicted molar refractivity (Wildman–Crippen MR) is 172 cm³/mol. The molecule has 0 aliphatic carbocycles. The summed E-state index contributed by atoms with van der Waals surface area (Å²) in [7, 11) is 1.62. The first-order valence-corrected chi connectivity index (χ1v) is 14.7. The van der Waals surface area contributed by atoms with Gasteiger partial charge in [-0.05, 0) is 60.8 Å². The molecule has 5 rings (SSSR count). The first kappa shape index (κ1) is 31.3. The number of nitrogens with zero attached hydrogens (tertiary/aromatic N) is 2. The largest absolute Gasteiger partial charge is 0.487 e. The van der Waals surface area contributed by atoms with Crippen LogP contribution in [0.1, 0.15) is 24.2 Å². The van der Waals surface area contributed by atoms with E-state index in [2.05, 4.69) is 16.0 Å². The maximum absolute atomic E-state index is 13.8. The van der Waals surface area contributed by atoms with E-state index in [1.165, 1.54) is 29.2 Å². The van der Waals surface area contributed by atoms with Gasteiger partial charge in [-0.3, -0.25) is 4.79 Å². The molecule has 4 aromatic rings. The average molecular weight is 614 g/mol. The van der Waals surface area contributed by atoms with Gasteiger partial charge in [0.05, 0.1) is 30.4 Å². The topological polar surface area (TPSA) is 123 Å². The van der Waals surface area contributed by atoms with Crippen molar-refractivity contribution in [1.82, 2.24) is 9.80 Å². The highest BCUT2D eigenvalue weighted by molar-refractivity contribution is 6.07. The second-order valence-corrected chi connectivity index (χ2v) is 11.3. The Hall–Kier alpha value is -5.16. The highest BCUT2D eigenvalue weighted by Gasteiger charge is 2.34. The number of carbonyl (C=O) groups is 3. The Morgan fingerprint density at radius 2 is 1.71 bits per heavy atom. The number of likely N-dealkylation sites (N-methyl/N-ethyl adjacent to an activating group) is 1. The lowest BCUT2D eigenvalue weighted by Crippen LogP contribution is -2.50. The van der Waals surface area contributed by atoms with Crippen LogP contribution in [0.5, 0.6) is 5.75 Å². The van der Waals surface area contributed by atoms with Crippen molar-refractivity contribution in [1.29, 1.82) is 0 Å². The van der Waals surface area contributed by atoms with Gasteiger partial charge in [-0.2, -0.15) is 0 Å². The normalized spacial score (nSPS) is 16.9. The fourth-order valence-corrected chi connectivity index (χ4v) is 5.24. The van der Waals surface area contributed by atoms with Gasteiger partial charge in [0.1, 0.15) is 17.7 Å². The Morgan fingerprint density at radius 3 is 2.47 bits per heavy atom. The highest BCUT2D eigenvalue weighted by Crippen LogP contribution is 2.31. The number of hydrogen-bond donors (Lipinski definition) is 4. The zero-order valence-electron chi connectivity index (χ0n) is 25.3. The lowest BCUT2D eigenvalue weighted by molar-refractivity contribution is 0.0371. The van der Waals surface area contributed by atoms with Crippen LogP contribution in [0, 0.1) is 11.7 Å². The van der Waals surface area contributed by atoms with Gasteiger partial charge in [-0.1, -0.05) is 43.3 Å². The molecule has 4 N–H and O–H groups in total. The van der Waals surface area contributed by atoms with Crippen molar-refractivity contribution in [2.45, 2.75) is 26.0 Å². The Bertz CT molecular complexity index is 1690. The molecule has 10 nitrogen and oxygen atoms in total. The molecule has 1 aliphatic heterocycles. The first-order valence-electron chi connectivity index (χ1n) is 14.7. The molecule has 0 saturated carbocycles. The molecule has 11 heteroatoms. The molecule has 234 valence electrons. The molecule has 0 radical (unpaired) electrons. The summed E-state index contributed by atoms with van der Waals surface area (Å²) in [6.45, 7) is 3.86. The molecule has 45 heavy (non-hydrogen) atoms. The van der Waals surface area contributed by atoms with Crippen LogP contribution in [-0.4, -0.2) is 71.8 Å². The van der Waals surface area contributed by atoms with Crippen molar-refractivity contribution in [2.75, 3.05) is 42.7 Å². The van der Waals surface area contributed by atoms with Gasteiger partial charge < -0.3 is 35.6 Å². The lowest BCUT2D eigenvalue weighted by atomic mass is 9.99. The van der Waals surface area contributed by atoms with Crippen LogP contribution in [0.3, 0.4) is 0 Å². The molecular formula is C34H36FN5O5. The third-order valence-electron chi connectivity index (χ3n) is 7.86. The molecule has 4 aromatic carbocycles. The molecule has 0 spiro atoms. The van der Waals surface area contributed by atoms with Crippen molar-refractivity contribution in [2.24, 2.45) is 5.92 Å². The quantitative estimate of drug-likeness (QED) is 0.203. The minimum absolute atomic E-state index is 0.177. The molecule has 3 atom stereocenters. The van der Waals surface area contributed by atoms with Crippen molar-refractivity contribution in [3.63, 3.8) is 0 Å². The number of fused-ring (bicyclic) bond motifs is 2. The van der Waals surface area contributed by atoms with E-state index in [0.29, 0.717) is 22.8 Å². The van der Waals surface area contributed by atoms with Gasteiger partial charge >= 0.3 is 12.1 Å². The van der Waals surface area contributed by atoms with E-state index in [9.17, 15) is 23.9 Å². The number of rotatable bonds is 7. The minimum Gasteiger partial charge on any atom is -0.487 e. The summed E-state index contributed by atoms with van der Waals surface area (Å²) in [6.07, 6.45) is -0.525. The zero-order chi connectivity index (χ0) is 32.1. The number of amides is 5. The van der Waals surface area contributed by atoms with Crippen molar-refractivity contribution < 1.29 is 28.6 Å². The number of anilines is 3. The fraction of sp³-hybridized carbons (Fsp3) is 0.265. The molecule has 0 fully saturated rings. The monoisotopic (exact) mass is 613 g/mol. The van der Waals surface area contributed by atoms with Gasteiger partial charge in [-0.15, -0.1) is 0 Å². The standard InChI is InChI=1S/C34H36FN5O5/c1-21-18-40(22(2)20-41)32(42)28-17-26(36-33(43)38-29-10-6-8-23-7-4-5-9-27(23)29)15-16-30(28)45-31(21)19-39(3)34(44)37-25-13-11-24(35)12-14-25/h4-17,21-22,31,41H,18-20H2,1-3H3,(H,37,44)(H2,36,38,43)/t21-,22+,31+/m0/s1. The van der Waals surface area contributed by atoms with E-state index in [0.717, 1.165) is 10.8 Å². The van der Waals surface area contributed by atoms with Crippen molar-refractivity contribution in [3.05, 3.63) is 96.3 Å². The van der Waals surface area contributed by atoms with E-state index in [4.69, 9.17) is 4.74 Å². The van der Waals surface area contributed by atoms with E-state index >= 15 is 0 Å². The maximum Gasteiger partial charge on any atom is 0.323 e. The lowest BCUT2D eigenvalue weighted by Gasteiger charge is -2.38. The number of aliphatic hydroxyl groups is 1. The van der Waals surface area contributed by atoms with Crippen LogP contribution < -0.4 is 20.7 Å². The number of hydrogen-bond acceptors (Lipinski definition) is 5. The van der Waals surface area contributed by atoms with Gasteiger partial charge in [-0.25, -0.2) is 14.0 Å². The van der Waals surface area contributed by atoms with Crippen LogP contribution in [-0.2, 0) is 0 Å². The second-order valence-electron chi connectivity index (χ2n) is 11.3. The van der Waals surface area contributed by atoms with E-state index in [-0.39, 0.29) is 37.1 Å². The maximum atomic E-state index is 13.8. The van der Waals surface area contributed by atoms with Crippen molar-refractivity contribution >= 4 is 45.8 Å². The Kier molecular flexibility index (Phi) is 9.48. The van der Waals surface area contributed by atoms with Crippen LogP contribution in [0.2, 0.25) is 0 Å². The number of nitrogens with one attached hydrogen (secondary N) is 3. The molecule has 1 heterocycles. The second kappa shape index (κ2) is 13.6. The highest BCUT2D eigenvalue weighted by atomic mass is 19.1. The van der Waals surface area contributed by atoms with E-state index in [1.54, 1.807) is 37.1 Å². The first-order chi connectivity index (χ1) is 21.6. The molecule has 0 aromatic heterocycles. The number of carbonyl (C=O) groups excluding carboxylic acids is 3. The molecular weight excluding hydrogens is 577 g/mol. The number of urea groups is 2. The number of aliphatic hydroxyl groups excluding tert-OH is 1. The third kappa shape index (κ3) is 7.32. The minimum atomic E-state index is -0.525. The predicted octanol–water partition coefficient (Wildman–Crippen LogP) is 6.01. The summed E-state index contributed by atoms with van der Waals surface area (Å²) in [5.74, 6) is -0.686. The van der Waals surface area contributed by atoms with Crippen molar-refractivity contribution in [3.8, 4) is 5.75 Å². The molecule has 5 amide bonds. The number of benzene rings is 4. The Balaban J connectivity index is 1.36. The van der Waals surface area contributed by atoms with Gasteiger partial charge in [0.2, 0.25) is 0 Å². The molecule has 0 unspecified atom stereocenters. The van der Waals surface area contributed by atoms with Gasteiger partial charge in [0, 0.05) is 36.3 Å². The summed E-state index contributed by atoms with van der Waals surface area (Å²) >= 11 is 0. The summed E-state index contributed by atoms with van der Waals surface area (Å²) < 4.78 is 19.7. The van der Waals surface area contributed by atoms with Crippen LogP contribution in [0.25, 0.3) is 10.8 Å². The average Bonchev–Trinajstić information content (AvgIpc) is 3.03. The third-order valence-corrected chi connectivity index (χ3v) is 7.86.